The Bertz CT molecular complexity index is 1210. The van der Waals surface area contributed by atoms with E-state index in [1.165, 1.54) is 16.5 Å². The third-order valence-electron chi connectivity index (χ3n) is 6.12. The Balaban J connectivity index is 1.58. The van der Waals surface area contributed by atoms with Crippen molar-refractivity contribution < 1.29 is 4.42 Å². The molecule has 4 aromatic rings. The Morgan fingerprint density at radius 2 is 1.84 bits per heavy atom. The maximum atomic E-state index is 6.10. The zero-order valence-corrected chi connectivity index (χ0v) is 18.6. The molecule has 0 unspecified atom stereocenters. The van der Waals surface area contributed by atoms with Gasteiger partial charge in [-0.15, -0.1) is 10.2 Å². The molecule has 6 heteroatoms. The summed E-state index contributed by atoms with van der Waals surface area (Å²) >= 11 is 0. The highest BCUT2D eigenvalue weighted by molar-refractivity contribution is 5.93. The molecular formula is C25H29N5O. The highest BCUT2D eigenvalue weighted by Gasteiger charge is 2.22. The van der Waals surface area contributed by atoms with Crippen LogP contribution >= 0.6 is 0 Å². The number of H-pyrrole nitrogens is 1. The van der Waals surface area contributed by atoms with Gasteiger partial charge in [-0.25, -0.2) is 0 Å². The van der Waals surface area contributed by atoms with E-state index < -0.39 is 0 Å². The van der Waals surface area contributed by atoms with Crippen LogP contribution in [0.4, 0.5) is 0 Å². The van der Waals surface area contributed by atoms with E-state index in [2.05, 4.69) is 69.7 Å². The normalized spacial score (nSPS) is 17.0. The molecule has 0 amide bonds. The molecule has 160 valence electrons. The molecule has 1 aliphatic heterocycles. The fourth-order valence-corrected chi connectivity index (χ4v) is 4.73. The number of piperidine rings is 1. The topological polar surface area (TPSA) is 79.6 Å². The first-order chi connectivity index (χ1) is 15.0. The standard InChI is InChI=1S/C25H29N5O/c1-14(2)22-20-12-17(24-29-30-25(31-24)18-6-5-9-26-13-18)7-8-21(20)28-23(22)19-10-15(3)27-16(4)11-19/h7-8,10-12,14,18,26,28H,5-6,9,13H2,1-4H3/t18-/m1/s1. The predicted octanol–water partition coefficient (Wildman–Crippen LogP) is 5.49. The van der Waals surface area contributed by atoms with Crippen molar-refractivity contribution in [3.8, 4) is 22.7 Å². The Hall–Kier alpha value is -2.99. The van der Waals surface area contributed by atoms with E-state index in [1.54, 1.807) is 0 Å². The van der Waals surface area contributed by atoms with Gasteiger partial charge in [0.25, 0.3) is 0 Å². The van der Waals surface area contributed by atoms with Gasteiger partial charge < -0.3 is 14.7 Å². The van der Waals surface area contributed by atoms with Crippen molar-refractivity contribution in [3.05, 3.63) is 53.2 Å². The van der Waals surface area contributed by atoms with Gasteiger partial charge in [0.2, 0.25) is 11.8 Å². The first kappa shape index (κ1) is 19.9. The second-order valence-electron chi connectivity index (χ2n) is 8.96. The van der Waals surface area contributed by atoms with Crippen LogP contribution in [0.25, 0.3) is 33.6 Å². The van der Waals surface area contributed by atoms with Gasteiger partial charge in [-0.3, -0.25) is 4.98 Å². The lowest BCUT2D eigenvalue weighted by molar-refractivity contribution is 0.380. The molecule has 1 aliphatic rings. The van der Waals surface area contributed by atoms with Crippen molar-refractivity contribution in [3.63, 3.8) is 0 Å². The summed E-state index contributed by atoms with van der Waals surface area (Å²) in [6.45, 7) is 10.5. The van der Waals surface area contributed by atoms with E-state index in [1.807, 2.05) is 13.8 Å². The Labute approximate surface area is 182 Å². The minimum Gasteiger partial charge on any atom is -0.420 e. The van der Waals surface area contributed by atoms with Crippen molar-refractivity contribution in [2.75, 3.05) is 13.1 Å². The Kier molecular flexibility index (Phi) is 5.10. The van der Waals surface area contributed by atoms with Crippen LogP contribution in [-0.4, -0.2) is 33.3 Å². The molecule has 1 atom stereocenters. The molecule has 2 N–H and O–H groups in total. The SMILES string of the molecule is Cc1cc(-c2[nH]c3ccc(-c4nnc([C@@H]5CCCNC5)o4)cc3c2C(C)C)cc(C)n1. The second kappa shape index (κ2) is 7.93. The lowest BCUT2D eigenvalue weighted by Gasteiger charge is -2.18. The largest absolute Gasteiger partial charge is 0.420 e. The van der Waals surface area contributed by atoms with Crippen LogP contribution in [0, 0.1) is 13.8 Å². The van der Waals surface area contributed by atoms with Crippen molar-refractivity contribution in [2.45, 2.75) is 52.4 Å². The van der Waals surface area contributed by atoms with Crippen LogP contribution in [-0.2, 0) is 0 Å². The molecule has 0 spiro atoms. The van der Waals surface area contributed by atoms with Gasteiger partial charge in [0.15, 0.2) is 0 Å². The molecule has 1 aromatic carbocycles. The number of benzene rings is 1. The summed E-state index contributed by atoms with van der Waals surface area (Å²) in [6.07, 6.45) is 2.24. The monoisotopic (exact) mass is 415 g/mol. The Morgan fingerprint density at radius 1 is 1.03 bits per heavy atom. The summed E-state index contributed by atoms with van der Waals surface area (Å²) in [5.74, 6) is 2.00. The minimum atomic E-state index is 0.307. The summed E-state index contributed by atoms with van der Waals surface area (Å²) in [7, 11) is 0. The van der Waals surface area contributed by atoms with Crippen LogP contribution in [0.5, 0.6) is 0 Å². The quantitative estimate of drug-likeness (QED) is 0.461. The summed E-state index contributed by atoms with van der Waals surface area (Å²) < 4.78 is 6.10. The molecule has 1 saturated heterocycles. The number of pyridine rings is 1. The zero-order chi connectivity index (χ0) is 21.5. The van der Waals surface area contributed by atoms with Crippen LogP contribution in [0.3, 0.4) is 0 Å². The van der Waals surface area contributed by atoms with E-state index >= 15 is 0 Å². The average Bonchev–Trinajstić information content (AvgIpc) is 3.38. The van der Waals surface area contributed by atoms with Gasteiger partial charge in [-0.05, 0) is 75.0 Å². The molecule has 0 saturated carbocycles. The van der Waals surface area contributed by atoms with Crippen molar-refractivity contribution in [1.29, 1.82) is 0 Å². The van der Waals surface area contributed by atoms with Crippen LogP contribution in [0.1, 0.15) is 61.4 Å². The maximum Gasteiger partial charge on any atom is 0.247 e. The number of hydrogen-bond donors (Lipinski definition) is 2. The zero-order valence-electron chi connectivity index (χ0n) is 18.6. The predicted molar refractivity (Wildman–Crippen MR) is 123 cm³/mol. The third-order valence-corrected chi connectivity index (χ3v) is 6.12. The molecule has 6 nitrogen and oxygen atoms in total. The van der Waals surface area contributed by atoms with E-state index in [0.717, 1.165) is 60.0 Å². The highest BCUT2D eigenvalue weighted by Crippen LogP contribution is 2.38. The van der Waals surface area contributed by atoms with Crippen LogP contribution < -0.4 is 5.32 Å². The fraction of sp³-hybridized carbons (Fsp3) is 0.400. The molecule has 3 aromatic heterocycles. The van der Waals surface area contributed by atoms with Crippen molar-refractivity contribution in [1.82, 2.24) is 25.5 Å². The second-order valence-corrected chi connectivity index (χ2v) is 8.96. The maximum absolute atomic E-state index is 6.10. The van der Waals surface area contributed by atoms with Gasteiger partial charge in [0.1, 0.15) is 0 Å². The smallest absolute Gasteiger partial charge is 0.247 e. The number of hydrogen-bond acceptors (Lipinski definition) is 5. The number of fused-ring (bicyclic) bond motifs is 1. The number of rotatable bonds is 4. The molecule has 0 bridgehead atoms. The molecule has 5 rings (SSSR count). The van der Waals surface area contributed by atoms with E-state index in [4.69, 9.17) is 4.42 Å². The first-order valence-electron chi connectivity index (χ1n) is 11.2. The van der Waals surface area contributed by atoms with Crippen molar-refractivity contribution >= 4 is 10.9 Å². The molecule has 0 aliphatic carbocycles. The van der Waals surface area contributed by atoms with E-state index in [9.17, 15) is 0 Å². The number of nitrogens with zero attached hydrogens (tertiary/aromatic N) is 3. The van der Waals surface area contributed by atoms with E-state index in [-0.39, 0.29) is 0 Å². The highest BCUT2D eigenvalue weighted by atomic mass is 16.4. The molecule has 1 fully saturated rings. The lowest BCUT2D eigenvalue weighted by atomic mass is 9.95. The summed E-state index contributed by atoms with van der Waals surface area (Å²) in [4.78, 5) is 8.19. The molecule has 0 radical (unpaired) electrons. The summed E-state index contributed by atoms with van der Waals surface area (Å²) in [5.41, 5.74) is 7.78. The first-order valence-corrected chi connectivity index (χ1v) is 11.2. The van der Waals surface area contributed by atoms with Gasteiger partial charge in [-0.1, -0.05) is 13.8 Å². The molecule has 31 heavy (non-hydrogen) atoms. The van der Waals surface area contributed by atoms with Gasteiger partial charge in [0.05, 0.1) is 5.69 Å². The van der Waals surface area contributed by atoms with Gasteiger partial charge >= 0.3 is 0 Å². The lowest BCUT2D eigenvalue weighted by Crippen LogP contribution is -2.28. The molecular weight excluding hydrogens is 386 g/mol. The summed E-state index contributed by atoms with van der Waals surface area (Å²) in [5, 5.41) is 13.3. The fourth-order valence-electron chi connectivity index (χ4n) is 4.73. The average molecular weight is 416 g/mol. The number of aromatic nitrogens is 4. The summed E-state index contributed by atoms with van der Waals surface area (Å²) in [6, 6.07) is 10.7. The molecule has 4 heterocycles. The van der Waals surface area contributed by atoms with Crippen molar-refractivity contribution in [2.24, 2.45) is 0 Å². The third kappa shape index (κ3) is 3.76. The number of aromatic amines is 1. The van der Waals surface area contributed by atoms with E-state index in [0.29, 0.717) is 17.7 Å². The number of aryl methyl sites for hydroxylation is 2. The number of nitrogens with one attached hydrogen (secondary N) is 2. The van der Waals surface area contributed by atoms with Crippen LogP contribution in [0.2, 0.25) is 0 Å². The Morgan fingerprint density at radius 3 is 2.55 bits per heavy atom. The van der Waals surface area contributed by atoms with Gasteiger partial charge in [0, 0.05) is 45.9 Å². The van der Waals surface area contributed by atoms with Crippen LogP contribution in [0.15, 0.2) is 34.7 Å². The minimum absolute atomic E-state index is 0.307. The van der Waals surface area contributed by atoms with Gasteiger partial charge in [-0.2, -0.15) is 0 Å².